The van der Waals surface area contributed by atoms with Crippen LogP contribution in [0.15, 0.2) is 45.9 Å². The molecule has 3 rings (SSSR count). The van der Waals surface area contributed by atoms with Crippen molar-refractivity contribution < 1.29 is 8.94 Å². The van der Waals surface area contributed by atoms with Gasteiger partial charge in [0.25, 0.3) is 0 Å². The van der Waals surface area contributed by atoms with E-state index in [1.165, 1.54) is 6.39 Å². The van der Waals surface area contributed by atoms with Gasteiger partial charge in [-0.05, 0) is 12.1 Å². The molecule has 0 spiro atoms. The quantitative estimate of drug-likeness (QED) is 0.585. The third-order valence-corrected chi connectivity index (χ3v) is 2.05. The highest BCUT2D eigenvalue weighted by Gasteiger charge is 2.11. The molecule has 0 atom stereocenters. The van der Waals surface area contributed by atoms with Gasteiger partial charge in [0, 0.05) is 0 Å². The molecular formula is C10H6N2O2. The zero-order valence-electron chi connectivity index (χ0n) is 7.18. The fourth-order valence-corrected chi connectivity index (χ4v) is 1.40. The van der Waals surface area contributed by atoms with Crippen LogP contribution >= 0.6 is 0 Å². The highest BCUT2D eigenvalue weighted by molar-refractivity contribution is 5.89. The van der Waals surface area contributed by atoms with Gasteiger partial charge < -0.3 is 8.94 Å². The maximum absolute atomic E-state index is 5.14. The van der Waals surface area contributed by atoms with E-state index < -0.39 is 0 Å². The maximum atomic E-state index is 5.14. The molecule has 0 aliphatic heterocycles. The third-order valence-electron chi connectivity index (χ3n) is 2.05. The van der Waals surface area contributed by atoms with E-state index in [4.69, 9.17) is 8.94 Å². The second kappa shape index (κ2) is 2.70. The molecule has 0 unspecified atom stereocenters. The van der Waals surface area contributed by atoms with Crippen molar-refractivity contribution in [2.75, 3.05) is 0 Å². The molecule has 0 saturated carbocycles. The van der Waals surface area contributed by atoms with Gasteiger partial charge in [0.2, 0.25) is 0 Å². The largest absolute Gasteiger partial charge is 0.451 e. The van der Waals surface area contributed by atoms with Gasteiger partial charge in [-0.25, -0.2) is 4.98 Å². The molecule has 0 aliphatic carbocycles. The van der Waals surface area contributed by atoms with Crippen molar-refractivity contribution in [2.45, 2.75) is 0 Å². The zero-order chi connectivity index (χ0) is 9.38. The van der Waals surface area contributed by atoms with Gasteiger partial charge in [0.05, 0.1) is 5.39 Å². The SMILES string of the molecule is c1ccc2c(-c3cocn3)noc2c1. The van der Waals surface area contributed by atoms with E-state index in [2.05, 4.69) is 10.1 Å². The van der Waals surface area contributed by atoms with E-state index in [1.54, 1.807) is 6.26 Å². The Bertz CT molecular complexity index is 554. The van der Waals surface area contributed by atoms with Gasteiger partial charge in [0.15, 0.2) is 12.0 Å². The second-order valence-corrected chi connectivity index (χ2v) is 2.90. The molecular weight excluding hydrogens is 180 g/mol. The molecule has 0 radical (unpaired) electrons. The lowest BCUT2D eigenvalue weighted by atomic mass is 10.2. The van der Waals surface area contributed by atoms with Crippen LogP contribution in [-0.4, -0.2) is 10.1 Å². The van der Waals surface area contributed by atoms with Gasteiger partial charge in [-0.15, -0.1) is 0 Å². The number of nitrogens with zero attached hydrogens (tertiary/aromatic N) is 2. The average molecular weight is 186 g/mol. The van der Waals surface area contributed by atoms with Crippen molar-refractivity contribution >= 4 is 11.0 Å². The number of hydrogen-bond donors (Lipinski definition) is 0. The van der Waals surface area contributed by atoms with Gasteiger partial charge in [0.1, 0.15) is 17.7 Å². The molecule has 68 valence electrons. The minimum atomic E-state index is 0.690. The lowest BCUT2D eigenvalue weighted by Gasteiger charge is -1.86. The number of para-hydroxylation sites is 1. The topological polar surface area (TPSA) is 52.1 Å². The van der Waals surface area contributed by atoms with E-state index in [9.17, 15) is 0 Å². The molecule has 1 aromatic carbocycles. The molecule has 2 aromatic heterocycles. The third kappa shape index (κ3) is 0.939. The standard InChI is InChI=1S/C10H6N2O2/c1-2-4-9-7(3-1)10(12-14-9)8-5-13-6-11-8/h1-6H. The second-order valence-electron chi connectivity index (χ2n) is 2.90. The van der Waals surface area contributed by atoms with Gasteiger partial charge in [-0.3, -0.25) is 0 Å². The summed E-state index contributed by atoms with van der Waals surface area (Å²) in [6, 6.07) is 7.64. The van der Waals surface area contributed by atoms with Crippen molar-refractivity contribution in [3.63, 3.8) is 0 Å². The zero-order valence-corrected chi connectivity index (χ0v) is 7.18. The van der Waals surface area contributed by atoms with Crippen LogP contribution in [0.3, 0.4) is 0 Å². The Kier molecular flexibility index (Phi) is 1.41. The van der Waals surface area contributed by atoms with E-state index in [1.807, 2.05) is 24.3 Å². The number of hydrogen-bond acceptors (Lipinski definition) is 4. The van der Waals surface area contributed by atoms with Crippen LogP contribution in [0.25, 0.3) is 22.4 Å². The summed E-state index contributed by atoms with van der Waals surface area (Å²) < 4.78 is 10.0. The molecule has 4 heteroatoms. The monoisotopic (exact) mass is 186 g/mol. The minimum Gasteiger partial charge on any atom is -0.451 e. The lowest BCUT2D eigenvalue weighted by Crippen LogP contribution is -1.76. The average Bonchev–Trinajstić information content (AvgIpc) is 2.85. The summed E-state index contributed by atoms with van der Waals surface area (Å²) in [5, 5.41) is 4.89. The van der Waals surface area contributed by atoms with Crippen molar-refractivity contribution in [3.8, 4) is 11.4 Å². The Balaban J connectivity index is 2.33. The van der Waals surface area contributed by atoms with Crippen molar-refractivity contribution in [1.82, 2.24) is 10.1 Å². The fraction of sp³-hybridized carbons (Fsp3) is 0. The van der Waals surface area contributed by atoms with Crippen molar-refractivity contribution in [1.29, 1.82) is 0 Å². The molecule has 2 heterocycles. The van der Waals surface area contributed by atoms with Crippen LogP contribution < -0.4 is 0 Å². The van der Waals surface area contributed by atoms with Gasteiger partial charge in [-0.1, -0.05) is 17.3 Å². The summed E-state index contributed by atoms with van der Waals surface area (Å²) in [5.41, 5.74) is 2.16. The van der Waals surface area contributed by atoms with Crippen LogP contribution in [-0.2, 0) is 0 Å². The Morgan fingerprint density at radius 3 is 2.93 bits per heavy atom. The first kappa shape index (κ1) is 7.32. The molecule has 0 fully saturated rings. The van der Waals surface area contributed by atoms with E-state index >= 15 is 0 Å². The molecule has 0 amide bonds. The molecule has 0 N–H and O–H groups in total. The Hall–Kier alpha value is -2.10. The summed E-state index contributed by atoms with van der Waals surface area (Å²) in [4.78, 5) is 4.02. The minimum absolute atomic E-state index is 0.690. The summed E-state index contributed by atoms with van der Waals surface area (Å²) in [6.07, 6.45) is 2.92. The van der Waals surface area contributed by atoms with Crippen LogP contribution in [0.1, 0.15) is 0 Å². The van der Waals surface area contributed by atoms with E-state index in [0.29, 0.717) is 11.4 Å². The summed E-state index contributed by atoms with van der Waals surface area (Å²) in [7, 11) is 0. The number of oxazole rings is 1. The van der Waals surface area contributed by atoms with E-state index in [0.717, 1.165) is 11.0 Å². The van der Waals surface area contributed by atoms with Gasteiger partial charge >= 0.3 is 0 Å². The fourth-order valence-electron chi connectivity index (χ4n) is 1.40. The number of rotatable bonds is 1. The first-order valence-electron chi connectivity index (χ1n) is 4.18. The molecule has 0 saturated heterocycles. The normalized spacial score (nSPS) is 10.9. The number of fused-ring (bicyclic) bond motifs is 1. The van der Waals surface area contributed by atoms with Gasteiger partial charge in [-0.2, -0.15) is 0 Å². The van der Waals surface area contributed by atoms with Crippen LogP contribution in [0.4, 0.5) is 0 Å². The number of benzene rings is 1. The predicted octanol–water partition coefficient (Wildman–Crippen LogP) is 2.48. The summed E-state index contributed by atoms with van der Waals surface area (Å²) in [5.74, 6) is 0. The number of aromatic nitrogens is 2. The molecule has 4 nitrogen and oxygen atoms in total. The van der Waals surface area contributed by atoms with Crippen molar-refractivity contribution in [3.05, 3.63) is 36.9 Å². The van der Waals surface area contributed by atoms with Crippen LogP contribution in [0.2, 0.25) is 0 Å². The molecule has 3 aromatic rings. The highest BCUT2D eigenvalue weighted by Crippen LogP contribution is 2.25. The molecule has 0 bridgehead atoms. The Morgan fingerprint density at radius 2 is 2.07 bits per heavy atom. The Morgan fingerprint density at radius 1 is 1.14 bits per heavy atom. The summed E-state index contributed by atoms with van der Waals surface area (Å²) >= 11 is 0. The highest BCUT2D eigenvalue weighted by atomic mass is 16.5. The first-order chi connectivity index (χ1) is 6.95. The van der Waals surface area contributed by atoms with E-state index in [-0.39, 0.29) is 0 Å². The molecule has 0 aliphatic rings. The Labute approximate surface area is 79.1 Å². The van der Waals surface area contributed by atoms with Crippen LogP contribution in [0, 0.1) is 0 Å². The molecule has 14 heavy (non-hydrogen) atoms. The first-order valence-corrected chi connectivity index (χ1v) is 4.18. The lowest BCUT2D eigenvalue weighted by molar-refractivity contribution is 0.459. The smallest absolute Gasteiger partial charge is 0.181 e. The maximum Gasteiger partial charge on any atom is 0.181 e. The van der Waals surface area contributed by atoms with Crippen molar-refractivity contribution in [2.24, 2.45) is 0 Å². The predicted molar refractivity (Wildman–Crippen MR) is 49.5 cm³/mol. The summed E-state index contributed by atoms with van der Waals surface area (Å²) in [6.45, 7) is 0. The van der Waals surface area contributed by atoms with Crippen LogP contribution in [0.5, 0.6) is 0 Å².